The third kappa shape index (κ3) is 7.60. The molecular formula is C40H42F3N3O2. The lowest BCUT2D eigenvalue weighted by Crippen LogP contribution is -2.30. The van der Waals surface area contributed by atoms with Crippen molar-refractivity contribution in [3.8, 4) is 34.1 Å². The van der Waals surface area contributed by atoms with E-state index in [0.29, 0.717) is 30.2 Å². The fourth-order valence-corrected chi connectivity index (χ4v) is 6.48. The number of imidazole rings is 1. The first-order valence-electron chi connectivity index (χ1n) is 16.9. The van der Waals surface area contributed by atoms with Gasteiger partial charge in [0.15, 0.2) is 11.5 Å². The predicted molar refractivity (Wildman–Crippen MR) is 184 cm³/mol. The van der Waals surface area contributed by atoms with Crippen LogP contribution in [0, 0.1) is 0 Å². The van der Waals surface area contributed by atoms with E-state index in [1.165, 1.54) is 12.1 Å². The molecule has 1 aromatic heterocycles. The van der Waals surface area contributed by atoms with E-state index in [1.54, 1.807) is 6.07 Å². The lowest BCUT2D eigenvalue weighted by molar-refractivity contribution is -0.137. The molecule has 0 radical (unpaired) electrons. The van der Waals surface area contributed by atoms with Gasteiger partial charge in [0.1, 0.15) is 5.82 Å². The van der Waals surface area contributed by atoms with Crippen molar-refractivity contribution in [3.63, 3.8) is 0 Å². The maximum absolute atomic E-state index is 13.9. The van der Waals surface area contributed by atoms with E-state index in [1.807, 2.05) is 54.6 Å². The predicted octanol–water partition coefficient (Wildman–Crippen LogP) is 10.7. The summed E-state index contributed by atoms with van der Waals surface area (Å²) in [5, 5.41) is 0. The zero-order chi connectivity index (χ0) is 33.5. The Morgan fingerprint density at radius 3 is 2.10 bits per heavy atom. The molecule has 0 amide bonds. The summed E-state index contributed by atoms with van der Waals surface area (Å²) in [4.78, 5) is 7.70. The Balaban J connectivity index is 1.54. The lowest BCUT2D eigenvalue weighted by Gasteiger charge is -2.34. The minimum atomic E-state index is -4.43. The highest BCUT2D eigenvalue weighted by molar-refractivity contribution is 5.69. The number of rotatable bonds is 14. The van der Waals surface area contributed by atoms with Crippen LogP contribution in [0.3, 0.4) is 0 Å². The van der Waals surface area contributed by atoms with Crippen LogP contribution in [0.2, 0.25) is 0 Å². The van der Waals surface area contributed by atoms with E-state index in [-0.39, 0.29) is 12.8 Å². The van der Waals surface area contributed by atoms with Crippen molar-refractivity contribution in [2.75, 3.05) is 6.79 Å². The van der Waals surface area contributed by atoms with Gasteiger partial charge in [-0.05, 0) is 42.2 Å². The number of halogens is 3. The zero-order valence-corrected chi connectivity index (χ0v) is 27.5. The van der Waals surface area contributed by atoms with Crippen molar-refractivity contribution in [2.24, 2.45) is 0 Å². The van der Waals surface area contributed by atoms with Crippen molar-refractivity contribution in [1.29, 1.82) is 0 Å². The largest absolute Gasteiger partial charge is 0.454 e. The van der Waals surface area contributed by atoms with Crippen LogP contribution in [0.4, 0.5) is 13.2 Å². The van der Waals surface area contributed by atoms with Crippen LogP contribution < -0.4 is 9.47 Å². The highest BCUT2D eigenvalue weighted by atomic mass is 19.4. The average molecular weight is 654 g/mol. The molecule has 48 heavy (non-hydrogen) atoms. The number of hydrogen-bond donors (Lipinski definition) is 0. The smallest absolute Gasteiger partial charge is 0.416 e. The monoisotopic (exact) mass is 653 g/mol. The van der Waals surface area contributed by atoms with Crippen LogP contribution in [0.25, 0.3) is 22.6 Å². The van der Waals surface area contributed by atoms with E-state index in [4.69, 9.17) is 14.5 Å². The summed E-state index contributed by atoms with van der Waals surface area (Å²) in [5.41, 5.74) is 5.02. The first-order chi connectivity index (χ1) is 23.4. The zero-order valence-electron chi connectivity index (χ0n) is 27.5. The third-order valence-electron chi connectivity index (χ3n) is 8.87. The fourth-order valence-electron chi connectivity index (χ4n) is 6.48. The second-order valence-corrected chi connectivity index (χ2v) is 12.4. The van der Waals surface area contributed by atoms with E-state index < -0.39 is 11.7 Å². The molecule has 0 saturated heterocycles. The molecule has 5 nitrogen and oxygen atoms in total. The van der Waals surface area contributed by atoms with Crippen molar-refractivity contribution in [2.45, 2.75) is 77.8 Å². The summed E-state index contributed by atoms with van der Waals surface area (Å²) in [6.07, 6.45) is 0.284. The molecule has 0 N–H and O–H groups in total. The molecule has 0 fully saturated rings. The Kier molecular flexibility index (Phi) is 10.5. The van der Waals surface area contributed by atoms with E-state index in [0.717, 1.165) is 78.6 Å². The molecule has 5 aromatic rings. The van der Waals surface area contributed by atoms with E-state index in [2.05, 4.69) is 47.6 Å². The number of aromatic nitrogens is 2. The summed E-state index contributed by atoms with van der Waals surface area (Å²) in [6.45, 7) is 6.12. The van der Waals surface area contributed by atoms with Gasteiger partial charge in [0, 0.05) is 30.8 Å². The molecule has 0 saturated carbocycles. The van der Waals surface area contributed by atoms with Gasteiger partial charge >= 0.3 is 6.18 Å². The van der Waals surface area contributed by atoms with Crippen LogP contribution in [0.5, 0.6) is 11.5 Å². The molecule has 6 rings (SSSR count). The molecule has 250 valence electrons. The molecule has 8 heteroatoms. The van der Waals surface area contributed by atoms with Gasteiger partial charge in [0.25, 0.3) is 0 Å². The molecule has 4 aromatic carbocycles. The van der Waals surface area contributed by atoms with Crippen LogP contribution in [-0.4, -0.2) is 21.2 Å². The first kappa shape index (κ1) is 33.3. The van der Waals surface area contributed by atoms with Gasteiger partial charge in [-0.3, -0.25) is 4.90 Å². The first-order valence-corrected chi connectivity index (χ1v) is 16.9. The van der Waals surface area contributed by atoms with Gasteiger partial charge in [-0.1, -0.05) is 118 Å². The Labute approximate surface area is 281 Å². The highest BCUT2D eigenvalue weighted by Crippen LogP contribution is 2.41. The number of unbranched alkanes of at least 4 members (excludes halogenated alkanes) is 2. The second kappa shape index (κ2) is 15.1. The molecule has 0 unspecified atom stereocenters. The summed E-state index contributed by atoms with van der Waals surface area (Å²) in [7, 11) is 0. The number of fused-ring (bicyclic) bond motifs is 1. The Morgan fingerprint density at radius 1 is 0.750 bits per heavy atom. The van der Waals surface area contributed by atoms with E-state index >= 15 is 0 Å². The van der Waals surface area contributed by atoms with E-state index in [9.17, 15) is 13.2 Å². The van der Waals surface area contributed by atoms with Gasteiger partial charge < -0.3 is 14.0 Å². The quantitative estimate of drug-likeness (QED) is 0.120. The molecule has 1 atom stereocenters. The fraction of sp³-hybridized carbons (Fsp3) is 0.325. The van der Waals surface area contributed by atoms with Crippen LogP contribution in [0.15, 0.2) is 103 Å². The summed E-state index contributed by atoms with van der Waals surface area (Å²) in [6, 6.07) is 32.0. The minimum Gasteiger partial charge on any atom is -0.454 e. The van der Waals surface area contributed by atoms with Crippen LogP contribution in [0.1, 0.15) is 74.4 Å². The Bertz CT molecular complexity index is 1790. The number of alkyl halides is 3. The lowest BCUT2D eigenvalue weighted by atomic mass is 9.97. The van der Waals surface area contributed by atoms with Crippen LogP contribution in [-0.2, 0) is 25.8 Å². The van der Waals surface area contributed by atoms with Gasteiger partial charge in [-0.15, -0.1) is 0 Å². The number of hydrogen-bond acceptors (Lipinski definition) is 4. The Hall–Kier alpha value is -4.56. The summed E-state index contributed by atoms with van der Waals surface area (Å²) >= 11 is 0. The second-order valence-electron chi connectivity index (χ2n) is 12.4. The Morgan fingerprint density at radius 2 is 1.42 bits per heavy atom. The maximum atomic E-state index is 13.9. The van der Waals surface area contributed by atoms with Gasteiger partial charge in [0.2, 0.25) is 6.79 Å². The molecule has 0 bridgehead atoms. The normalized spacial score (nSPS) is 13.3. The third-order valence-corrected chi connectivity index (χ3v) is 8.87. The molecular weight excluding hydrogens is 611 g/mol. The maximum Gasteiger partial charge on any atom is 0.416 e. The van der Waals surface area contributed by atoms with Gasteiger partial charge in [-0.25, -0.2) is 4.98 Å². The standard InChI is InChI=1S/C40H42F3N3O2/c1-3-5-20-34(38-37(31-15-9-7-10-16-31)44-39(46(38)23-6-4-2)32-17-11-8-12-18-32)45(26-29-14-13-19-33(24-29)40(41,42)43)27-30-21-22-35-36(25-30)48-28-47-35/h7-19,21-22,24-25,34H,3-6,20,23,26-28H2,1-2H3/t34-/m1/s1. The minimum absolute atomic E-state index is 0.151. The van der Waals surface area contributed by atoms with Gasteiger partial charge in [0.05, 0.1) is 23.0 Å². The van der Waals surface area contributed by atoms with Crippen molar-refractivity contribution < 1.29 is 22.6 Å². The van der Waals surface area contributed by atoms with Crippen molar-refractivity contribution in [3.05, 3.63) is 126 Å². The molecule has 1 aliphatic heterocycles. The summed E-state index contributed by atoms with van der Waals surface area (Å²) < 4.78 is 55.4. The summed E-state index contributed by atoms with van der Waals surface area (Å²) in [5.74, 6) is 2.28. The van der Waals surface area contributed by atoms with Crippen LogP contribution >= 0.6 is 0 Å². The van der Waals surface area contributed by atoms with Gasteiger partial charge in [-0.2, -0.15) is 13.2 Å². The van der Waals surface area contributed by atoms with Crippen molar-refractivity contribution >= 4 is 0 Å². The topological polar surface area (TPSA) is 39.5 Å². The van der Waals surface area contributed by atoms with Crippen molar-refractivity contribution in [1.82, 2.24) is 14.5 Å². The molecule has 0 aliphatic carbocycles. The average Bonchev–Trinajstić information content (AvgIpc) is 3.73. The molecule has 1 aliphatic rings. The number of benzene rings is 4. The number of nitrogens with zero attached hydrogens (tertiary/aromatic N) is 3. The SMILES string of the molecule is CCCC[C@H](c1c(-c2ccccc2)nc(-c2ccccc2)n1CCCC)N(Cc1cccc(C(F)(F)F)c1)Cc1ccc2c(c1)OCO2. The molecule has 0 spiro atoms. The molecule has 2 heterocycles. The highest BCUT2D eigenvalue weighted by Gasteiger charge is 2.33. The number of ether oxygens (including phenoxy) is 2.